The maximum atomic E-state index is 2.72. The monoisotopic (exact) mass is 722 g/mol. The number of benzene rings is 5. The van der Waals surface area contributed by atoms with E-state index in [-0.39, 0.29) is 12.1 Å². The molecule has 4 saturated carbocycles. The molecule has 0 atom stereocenters. The molecule has 55 heavy (non-hydrogen) atoms. The molecule has 0 N–H and O–H groups in total. The summed E-state index contributed by atoms with van der Waals surface area (Å²) in [6.07, 6.45) is 8.44. The molecule has 2 aliphatic heterocycles. The smallest absolute Gasteiger partial charge is 0.252 e. The van der Waals surface area contributed by atoms with Gasteiger partial charge in [0, 0.05) is 34.1 Å². The number of hydrogen-bond donors (Lipinski definition) is 0. The molecule has 2 heterocycles. The highest BCUT2D eigenvalue weighted by molar-refractivity contribution is 7.00. The third kappa shape index (κ3) is 5.57. The van der Waals surface area contributed by atoms with Gasteiger partial charge in [0.25, 0.3) is 6.71 Å². The average Bonchev–Trinajstić information content (AvgIpc) is 3.16. The van der Waals surface area contributed by atoms with Crippen LogP contribution in [-0.2, 0) is 5.41 Å². The van der Waals surface area contributed by atoms with E-state index in [9.17, 15) is 0 Å². The normalized spacial score (nSPS) is 23.3. The van der Waals surface area contributed by atoms with Gasteiger partial charge in [-0.15, -0.1) is 0 Å². The van der Waals surface area contributed by atoms with Crippen LogP contribution in [-0.4, -0.2) is 6.71 Å². The highest BCUT2D eigenvalue weighted by atomic mass is 15.2. The zero-order valence-corrected chi connectivity index (χ0v) is 34.5. The van der Waals surface area contributed by atoms with E-state index in [0.29, 0.717) is 23.7 Å². The van der Waals surface area contributed by atoms with E-state index >= 15 is 0 Å². The molecule has 0 radical (unpaired) electrons. The molecule has 280 valence electrons. The van der Waals surface area contributed by atoms with Gasteiger partial charge >= 0.3 is 0 Å². The molecule has 3 heteroatoms. The van der Waals surface area contributed by atoms with Crippen LogP contribution >= 0.6 is 0 Å². The quantitative estimate of drug-likeness (QED) is 0.151. The molecule has 0 aromatic heterocycles. The van der Waals surface area contributed by atoms with Gasteiger partial charge in [0.05, 0.1) is 0 Å². The molecule has 0 spiro atoms. The Morgan fingerprint density at radius 2 is 0.873 bits per heavy atom. The Labute approximate surface area is 331 Å². The maximum Gasteiger partial charge on any atom is 0.252 e. The molecule has 6 aliphatic rings. The Hall–Kier alpha value is -4.24. The molecule has 5 aromatic rings. The van der Waals surface area contributed by atoms with Crippen LogP contribution in [0.3, 0.4) is 0 Å². The van der Waals surface area contributed by atoms with Gasteiger partial charge in [0.2, 0.25) is 0 Å². The summed E-state index contributed by atoms with van der Waals surface area (Å²) in [5.74, 6) is 4.45. The van der Waals surface area contributed by atoms with Crippen molar-refractivity contribution in [3.63, 3.8) is 0 Å². The molecule has 2 nitrogen and oxygen atoms in total. The number of anilines is 6. The molecule has 0 amide bonds. The fourth-order valence-corrected chi connectivity index (χ4v) is 12.1. The van der Waals surface area contributed by atoms with Crippen molar-refractivity contribution in [3.8, 4) is 0 Å². The lowest BCUT2D eigenvalue weighted by Crippen LogP contribution is -2.61. The SMILES string of the molecule is CC(C)c1cccc(N2c3cc(C(C)C)ccc3B3c4ccc(C(C)C)cc4N(c4cccc(C(C)C)c4)c4cc(C56CC7CC(CC(C7)C5)C6)cc2c43)c1. The summed E-state index contributed by atoms with van der Waals surface area (Å²) in [6, 6.07) is 39.3. The van der Waals surface area contributed by atoms with Crippen LogP contribution < -0.4 is 26.2 Å². The highest BCUT2D eigenvalue weighted by Crippen LogP contribution is 2.62. The molecule has 5 aromatic carbocycles. The first kappa shape index (κ1) is 35.2. The van der Waals surface area contributed by atoms with Gasteiger partial charge in [-0.05, 0) is 178 Å². The van der Waals surface area contributed by atoms with Crippen molar-refractivity contribution in [1.29, 1.82) is 0 Å². The van der Waals surface area contributed by atoms with E-state index in [1.165, 1.54) is 111 Å². The van der Waals surface area contributed by atoms with E-state index in [2.05, 4.69) is 162 Å². The lowest BCUT2D eigenvalue weighted by Gasteiger charge is -2.57. The van der Waals surface area contributed by atoms with Gasteiger partial charge in [-0.3, -0.25) is 0 Å². The van der Waals surface area contributed by atoms with E-state index in [4.69, 9.17) is 0 Å². The number of nitrogens with zero attached hydrogens (tertiary/aromatic N) is 2. The van der Waals surface area contributed by atoms with Crippen LogP contribution in [0.25, 0.3) is 0 Å². The van der Waals surface area contributed by atoms with Gasteiger partial charge in [-0.25, -0.2) is 0 Å². The van der Waals surface area contributed by atoms with Crippen LogP contribution in [0.2, 0.25) is 0 Å². The highest BCUT2D eigenvalue weighted by Gasteiger charge is 2.53. The van der Waals surface area contributed by atoms with Crippen molar-refractivity contribution in [3.05, 3.63) is 125 Å². The first-order valence-corrected chi connectivity index (χ1v) is 21.7. The van der Waals surface area contributed by atoms with E-state index in [1.807, 2.05) is 0 Å². The fourth-order valence-electron chi connectivity index (χ4n) is 12.1. The van der Waals surface area contributed by atoms with Crippen LogP contribution in [0.1, 0.15) is 145 Å². The molecule has 0 unspecified atom stereocenters. The number of rotatable bonds is 7. The molecule has 4 bridgehead atoms. The second-order valence-electron chi connectivity index (χ2n) is 19.7. The Morgan fingerprint density at radius 1 is 0.473 bits per heavy atom. The minimum absolute atomic E-state index is 0.150. The van der Waals surface area contributed by atoms with Crippen molar-refractivity contribution >= 4 is 57.2 Å². The summed E-state index contributed by atoms with van der Waals surface area (Å²) in [5.41, 5.74) is 19.8. The van der Waals surface area contributed by atoms with E-state index in [0.717, 1.165) is 17.8 Å². The van der Waals surface area contributed by atoms with Crippen LogP contribution in [0.5, 0.6) is 0 Å². The van der Waals surface area contributed by atoms with Crippen molar-refractivity contribution < 1.29 is 0 Å². The standard InChI is InChI=1S/C52H59BN2/c1-31(2)38-11-9-13-43(22-38)54-47-24-40(33(5)6)15-17-45(47)53-46-18-16-41(34(7)8)25-48(46)55(44-14-10-12-39(23-44)32(3)4)50-27-42(26-49(54)51(50)53)52-28-35-19-36(29-52)21-37(20-35)30-52/h9-18,22-27,31-37H,19-21,28-30H2,1-8H3. The summed E-state index contributed by atoms with van der Waals surface area (Å²) in [5, 5.41) is 0. The summed E-state index contributed by atoms with van der Waals surface area (Å²) in [6.45, 7) is 18.9. The molecular formula is C52H59BN2. The van der Waals surface area contributed by atoms with Crippen LogP contribution in [0.15, 0.2) is 97.1 Å². The predicted molar refractivity (Wildman–Crippen MR) is 237 cm³/mol. The Morgan fingerprint density at radius 3 is 1.27 bits per heavy atom. The third-order valence-corrected chi connectivity index (χ3v) is 14.7. The molecule has 4 aliphatic carbocycles. The Bertz CT molecular complexity index is 2140. The zero-order valence-electron chi connectivity index (χ0n) is 34.5. The maximum absolute atomic E-state index is 2.72. The molecule has 0 saturated heterocycles. The Balaban J connectivity index is 1.32. The second-order valence-corrected chi connectivity index (χ2v) is 19.7. The van der Waals surface area contributed by atoms with Gasteiger partial charge in [-0.1, -0.05) is 104 Å². The predicted octanol–water partition coefficient (Wildman–Crippen LogP) is 12.7. The topological polar surface area (TPSA) is 6.48 Å². The van der Waals surface area contributed by atoms with Crippen LogP contribution in [0, 0.1) is 17.8 Å². The van der Waals surface area contributed by atoms with Gasteiger partial charge in [-0.2, -0.15) is 0 Å². The summed E-state index contributed by atoms with van der Waals surface area (Å²) >= 11 is 0. The zero-order chi connectivity index (χ0) is 37.9. The van der Waals surface area contributed by atoms with Crippen molar-refractivity contribution in [2.75, 3.05) is 9.80 Å². The van der Waals surface area contributed by atoms with Gasteiger partial charge in [0.1, 0.15) is 0 Å². The van der Waals surface area contributed by atoms with Gasteiger partial charge in [0.15, 0.2) is 0 Å². The summed E-state index contributed by atoms with van der Waals surface area (Å²) in [7, 11) is 0. The lowest BCUT2D eigenvalue weighted by atomic mass is 9.33. The molecular weight excluding hydrogens is 663 g/mol. The van der Waals surface area contributed by atoms with Crippen molar-refractivity contribution in [1.82, 2.24) is 0 Å². The first-order chi connectivity index (χ1) is 26.5. The van der Waals surface area contributed by atoms with Crippen LogP contribution in [0.4, 0.5) is 34.1 Å². The molecule has 11 rings (SSSR count). The third-order valence-electron chi connectivity index (χ3n) is 14.7. The molecule has 4 fully saturated rings. The van der Waals surface area contributed by atoms with E-state index in [1.54, 1.807) is 5.56 Å². The number of fused-ring (bicyclic) bond motifs is 4. The summed E-state index contributed by atoms with van der Waals surface area (Å²) in [4.78, 5) is 5.39. The number of hydrogen-bond acceptors (Lipinski definition) is 2. The average molecular weight is 723 g/mol. The minimum Gasteiger partial charge on any atom is -0.311 e. The first-order valence-electron chi connectivity index (χ1n) is 21.7. The summed E-state index contributed by atoms with van der Waals surface area (Å²) < 4.78 is 0. The van der Waals surface area contributed by atoms with Crippen molar-refractivity contribution in [2.24, 2.45) is 17.8 Å². The van der Waals surface area contributed by atoms with E-state index < -0.39 is 0 Å². The largest absolute Gasteiger partial charge is 0.311 e. The lowest BCUT2D eigenvalue weighted by molar-refractivity contribution is -0.00514. The minimum atomic E-state index is 0.150. The fraction of sp³-hybridized carbons (Fsp3) is 0.423. The van der Waals surface area contributed by atoms with Gasteiger partial charge < -0.3 is 9.80 Å². The Kier molecular flexibility index (Phi) is 8.26. The second kappa shape index (κ2) is 12.9. The van der Waals surface area contributed by atoms with Crippen molar-refractivity contribution in [2.45, 2.75) is 123 Å².